The molecule has 0 aliphatic heterocycles. The van der Waals surface area contributed by atoms with Crippen LogP contribution in [0.25, 0.3) is 16.9 Å². The van der Waals surface area contributed by atoms with Gasteiger partial charge in [0, 0.05) is 24.4 Å². The van der Waals surface area contributed by atoms with E-state index in [1.54, 1.807) is 23.3 Å². The number of benzene rings is 1. The number of pyridine rings is 1. The van der Waals surface area contributed by atoms with E-state index >= 15 is 0 Å². The second-order valence-electron chi connectivity index (χ2n) is 7.22. The number of aliphatic hydroxyl groups excluding tert-OH is 1. The smallest absolute Gasteiger partial charge is 0.388 e. The third-order valence-corrected chi connectivity index (χ3v) is 5.11. The molecular formula is C22H18F2N8O2. The number of aromatic nitrogens is 7. The van der Waals surface area contributed by atoms with Crippen molar-refractivity contribution in [3.8, 4) is 11.6 Å². The Bertz CT molecular complexity index is 1410. The molecule has 3 N–H and O–H groups in total. The lowest BCUT2D eigenvalue weighted by Crippen LogP contribution is -2.11. The van der Waals surface area contributed by atoms with Crippen LogP contribution in [0.5, 0.6) is 5.88 Å². The standard InChI is InChI=1S/C22H18F2N8O2/c23-22(24)34-20-8-18(30-31-20)28-19-11-26-16-10-27-32(21(16)29-19)17-6-2-1-5-14(17)15(12-33)13-4-3-7-25-9-13/h1-11,15,22,33H,12H2,(H2,28,29,30,31). The molecule has 0 aliphatic rings. The third kappa shape index (κ3) is 4.26. The Morgan fingerprint density at radius 1 is 1.09 bits per heavy atom. The summed E-state index contributed by atoms with van der Waals surface area (Å²) in [4.78, 5) is 13.1. The maximum atomic E-state index is 12.4. The van der Waals surface area contributed by atoms with E-state index in [1.165, 1.54) is 12.3 Å². The van der Waals surface area contributed by atoms with Gasteiger partial charge in [-0.15, -0.1) is 0 Å². The summed E-state index contributed by atoms with van der Waals surface area (Å²) in [7, 11) is 0. The quantitative estimate of drug-likeness (QED) is 0.319. The summed E-state index contributed by atoms with van der Waals surface area (Å²) < 4.78 is 30.7. The number of H-pyrrole nitrogens is 1. The number of hydrogen-bond donors (Lipinski definition) is 3. The van der Waals surface area contributed by atoms with Crippen LogP contribution in [0.15, 0.2) is 67.3 Å². The molecule has 0 spiro atoms. The highest BCUT2D eigenvalue weighted by atomic mass is 19.3. The van der Waals surface area contributed by atoms with Crippen LogP contribution in [0.3, 0.4) is 0 Å². The number of nitrogens with zero attached hydrogens (tertiary/aromatic N) is 6. The maximum Gasteiger partial charge on any atom is 0.388 e. The summed E-state index contributed by atoms with van der Waals surface area (Å²) in [5.41, 5.74) is 3.43. The fourth-order valence-corrected chi connectivity index (χ4v) is 3.64. The molecule has 0 fully saturated rings. The molecule has 0 radical (unpaired) electrons. The van der Waals surface area contributed by atoms with Gasteiger partial charge in [0.1, 0.15) is 5.52 Å². The lowest BCUT2D eigenvalue weighted by Gasteiger charge is -2.19. The zero-order valence-corrected chi connectivity index (χ0v) is 17.5. The summed E-state index contributed by atoms with van der Waals surface area (Å²) in [6.07, 6.45) is 6.46. The number of aliphatic hydroxyl groups is 1. The molecule has 0 saturated carbocycles. The van der Waals surface area contributed by atoms with E-state index in [0.717, 1.165) is 16.8 Å². The Morgan fingerprint density at radius 2 is 1.97 bits per heavy atom. The summed E-state index contributed by atoms with van der Waals surface area (Å²) in [6.45, 7) is -3.09. The van der Waals surface area contributed by atoms with E-state index in [2.05, 4.69) is 40.3 Å². The van der Waals surface area contributed by atoms with Crippen molar-refractivity contribution in [2.24, 2.45) is 0 Å². The fraction of sp³-hybridized carbons (Fsp3) is 0.136. The van der Waals surface area contributed by atoms with E-state index in [4.69, 9.17) is 0 Å². The number of aromatic amines is 1. The van der Waals surface area contributed by atoms with Gasteiger partial charge in [-0.1, -0.05) is 24.3 Å². The normalized spacial score (nSPS) is 12.2. The topological polar surface area (TPSA) is 127 Å². The minimum Gasteiger partial charge on any atom is -0.417 e. The third-order valence-electron chi connectivity index (χ3n) is 5.11. The van der Waals surface area contributed by atoms with Crippen LogP contribution in [-0.2, 0) is 0 Å². The monoisotopic (exact) mass is 464 g/mol. The summed E-state index contributed by atoms with van der Waals surface area (Å²) in [6, 6.07) is 12.6. The van der Waals surface area contributed by atoms with Gasteiger partial charge in [-0.2, -0.15) is 19.0 Å². The van der Waals surface area contributed by atoms with Crippen LogP contribution < -0.4 is 10.1 Å². The molecular weight excluding hydrogens is 446 g/mol. The molecule has 0 amide bonds. The molecule has 0 bridgehead atoms. The van der Waals surface area contributed by atoms with Gasteiger partial charge in [0.2, 0.25) is 5.88 Å². The Hall–Kier alpha value is -4.45. The summed E-state index contributed by atoms with van der Waals surface area (Å²) in [5, 5.41) is 23.8. The minimum atomic E-state index is -2.96. The number of fused-ring (bicyclic) bond motifs is 1. The van der Waals surface area contributed by atoms with Crippen molar-refractivity contribution in [3.05, 3.63) is 78.4 Å². The highest BCUT2D eigenvalue weighted by molar-refractivity contribution is 5.74. The number of para-hydroxylation sites is 1. The molecule has 5 rings (SSSR count). The Balaban J connectivity index is 1.51. The van der Waals surface area contributed by atoms with Gasteiger partial charge in [-0.25, -0.2) is 19.7 Å². The first-order valence-corrected chi connectivity index (χ1v) is 10.2. The van der Waals surface area contributed by atoms with Crippen molar-refractivity contribution in [2.75, 3.05) is 11.9 Å². The second-order valence-corrected chi connectivity index (χ2v) is 7.22. The van der Waals surface area contributed by atoms with Gasteiger partial charge in [0.15, 0.2) is 17.3 Å². The number of halogens is 2. The molecule has 12 heteroatoms. The lowest BCUT2D eigenvalue weighted by atomic mass is 9.92. The van der Waals surface area contributed by atoms with Gasteiger partial charge in [0.05, 0.1) is 24.7 Å². The van der Waals surface area contributed by atoms with Crippen molar-refractivity contribution >= 4 is 22.8 Å². The van der Waals surface area contributed by atoms with Gasteiger partial charge in [0.25, 0.3) is 0 Å². The first-order chi connectivity index (χ1) is 16.6. The van der Waals surface area contributed by atoms with Crippen molar-refractivity contribution in [1.82, 2.24) is 34.9 Å². The van der Waals surface area contributed by atoms with Crippen molar-refractivity contribution in [3.63, 3.8) is 0 Å². The van der Waals surface area contributed by atoms with Gasteiger partial charge >= 0.3 is 6.61 Å². The number of nitrogens with one attached hydrogen (secondary N) is 2. The Morgan fingerprint density at radius 3 is 2.76 bits per heavy atom. The van der Waals surface area contributed by atoms with Crippen LogP contribution >= 0.6 is 0 Å². The zero-order valence-electron chi connectivity index (χ0n) is 17.5. The highest BCUT2D eigenvalue weighted by Gasteiger charge is 2.20. The molecule has 1 atom stereocenters. The molecule has 10 nitrogen and oxygen atoms in total. The van der Waals surface area contributed by atoms with Crippen LogP contribution in [0, 0.1) is 0 Å². The molecule has 1 aromatic carbocycles. The van der Waals surface area contributed by atoms with Gasteiger partial charge in [-0.3, -0.25) is 4.98 Å². The average Bonchev–Trinajstić information content (AvgIpc) is 3.47. The molecule has 172 valence electrons. The number of hydrogen-bond acceptors (Lipinski definition) is 8. The minimum absolute atomic E-state index is 0.122. The number of anilines is 2. The maximum absolute atomic E-state index is 12.4. The number of alkyl halides is 2. The van der Waals surface area contributed by atoms with Crippen molar-refractivity contribution < 1.29 is 18.6 Å². The molecule has 0 saturated heterocycles. The average molecular weight is 464 g/mol. The van der Waals surface area contributed by atoms with E-state index in [0.29, 0.717) is 17.0 Å². The number of ether oxygens (including phenoxy) is 1. The Labute approximate surface area is 191 Å². The summed E-state index contributed by atoms with van der Waals surface area (Å²) >= 11 is 0. The molecule has 1 unspecified atom stereocenters. The predicted octanol–water partition coefficient (Wildman–Crippen LogP) is 3.40. The predicted molar refractivity (Wildman–Crippen MR) is 118 cm³/mol. The Kier molecular flexibility index (Phi) is 5.79. The second kappa shape index (κ2) is 9.19. The lowest BCUT2D eigenvalue weighted by molar-refractivity contribution is -0.0528. The fourth-order valence-electron chi connectivity index (χ4n) is 3.64. The SMILES string of the molecule is OCC(c1cccnc1)c1ccccc1-n1ncc2ncc(Nc3cc(OC(F)F)[nH]n3)nc21. The molecule has 4 aromatic heterocycles. The van der Waals surface area contributed by atoms with Gasteiger partial charge in [-0.05, 0) is 23.3 Å². The molecule has 4 heterocycles. The highest BCUT2D eigenvalue weighted by Crippen LogP contribution is 2.30. The summed E-state index contributed by atoms with van der Waals surface area (Å²) in [5.74, 6) is 0.0483. The van der Waals surface area contributed by atoms with Crippen LogP contribution in [0.2, 0.25) is 0 Å². The zero-order chi connectivity index (χ0) is 23.5. The van der Waals surface area contributed by atoms with E-state index < -0.39 is 6.61 Å². The van der Waals surface area contributed by atoms with Crippen LogP contribution in [0.1, 0.15) is 17.0 Å². The first kappa shape index (κ1) is 21.4. The van der Waals surface area contributed by atoms with E-state index in [1.807, 2.05) is 36.4 Å². The van der Waals surface area contributed by atoms with E-state index in [9.17, 15) is 13.9 Å². The van der Waals surface area contributed by atoms with Crippen LogP contribution in [-0.4, -0.2) is 53.3 Å². The molecule has 34 heavy (non-hydrogen) atoms. The van der Waals surface area contributed by atoms with Crippen LogP contribution in [0.4, 0.5) is 20.4 Å². The van der Waals surface area contributed by atoms with Crippen molar-refractivity contribution in [2.45, 2.75) is 12.5 Å². The largest absolute Gasteiger partial charge is 0.417 e. The molecule has 0 aliphatic carbocycles. The van der Waals surface area contributed by atoms with Gasteiger partial charge < -0.3 is 15.2 Å². The molecule has 5 aromatic rings. The van der Waals surface area contributed by atoms with Crippen molar-refractivity contribution in [1.29, 1.82) is 0 Å². The first-order valence-electron chi connectivity index (χ1n) is 10.2. The van der Waals surface area contributed by atoms with E-state index in [-0.39, 0.29) is 24.2 Å². The number of rotatable bonds is 8.